The standard InChI is InChI=1S/C26H38BrNS.C7H9N/c1-8-14-23(15-10-11-16-24-17-12-13-18-26(24)29-7)20(3)19-21(4)28(6)22(5)25(27)9-2;1-2-7-4-3-5-8-6-7/h9,12-13,17-19,23H,2-3,8,10-11,14-16H2,1,4-7H3;3-6H,2H2,1H3/b21-19-,25-22+;. The van der Waals surface area contributed by atoms with Crippen molar-refractivity contribution >= 4 is 27.7 Å². The van der Waals surface area contributed by atoms with Gasteiger partial charge in [-0.25, -0.2) is 0 Å². The molecular formula is C33H47BrN2S. The summed E-state index contributed by atoms with van der Waals surface area (Å²) in [4.78, 5) is 7.56. The van der Waals surface area contributed by atoms with Gasteiger partial charge in [0.2, 0.25) is 0 Å². The first kappa shape index (κ1) is 33.0. The van der Waals surface area contributed by atoms with E-state index >= 15 is 0 Å². The average molecular weight is 584 g/mol. The van der Waals surface area contributed by atoms with Gasteiger partial charge in [0.15, 0.2) is 0 Å². The summed E-state index contributed by atoms with van der Waals surface area (Å²) in [6.07, 6.45) is 18.3. The molecule has 0 aliphatic carbocycles. The molecule has 4 heteroatoms. The molecule has 0 amide bonds. The molecule has 2 rings (SSSR count). The summed E-state index contributed by atoms with van der Waals surface area (Å²) in [5, 5.41) is 0. The van der Waals surface area contributed by atoms with Crippen LogP contribution in [-0.4, -0.2) is 23.2 Å². The zero-order chi connectivity index (χ0) is 27.6. The zero-order valence-electron chi connectivity index (χ0n) is 23.9. The summed E-state index contributed by atoms with van der Waals surface area (Å²) < 4.78 is 1.02. The molecule has 2 nitrogen and oxygen atoms in total. The van der Waals surface area contributed by atoms with Crippen molar-refractivity contribution in [1.29, 1.82) is 0 Å². The number of unbranched alkanes of at least 4 members (excludes halogenated alkanes) is 1. The molecule has 1 atom stereocenters. The molecule has 0 saturated heterocycles. The number of benzene rings is 1. The van der Waals surface area contributed by atoms with Gasteiger partial charge in [0.25, 0.3) is 0 Å². The third-order valence-electron chi connectivity index (χ3n) is 6.69. The second-order valence-corrected chi connectivity index (χ2v) is 11.0. The van der Waals surface area contributed by atoms with Crippen LogP contribution in [0.3, 0.4) is 0 Å². The fourth-order valence-corrected chi connectivity index (χ4v) is 5.05. The van der Waals surface area contributed by atoms with Crippen molar-refractivity contribution < 1.29 is 0 Å². The number of thioether (sulfide) groups is 1. The zero-order valence-corrected chi connectivity index (χ0v) is 26.3. The first-order valence-electron chi connectivity index (χ1n) is 13.4. The number of aromatic nitrogens is 1. The quantitative estimate of drug-likeness (QED) is 0.125. The van der Waals surface area contributed by atoms with E-state index < -0.39 is 0 Å². The number of hydrogen-bond acceptors (Lipinski definition) is 3. The van der Waals surface area contributed by atoms with Crippen LogP contribution in [0.15, 0.2) is 100 Å². The Bertz CT molecular complexity index is 1010. The molecule has 0 saturated carbocycles. The van der Waals surface area contributed by atoms with E-state index in [9.17, 15) is 0 Å². The number of aryl methyl sites for hydroxylation is 2. The number of hydrogen-bond donors (Lipinski definition) is 0. The van der Waals surface area contributed by atoms with Crippen LogP contribution in [0.2, 0.25) is 0 Å². The molecular weight excluding hydrogens is 536 g/mol. The van der Waals surface area contributed by atoms with Crippen LogP contribution in [0, 0.1) is 5.92 Å². The van der Waals surface area contributed by atoms with Crippen LogP contribution >= 0.6 is 27.7 Å². The van der Waals surface area contributed by atoms with Crippen LogP contribution in [0.4, 0.5) is 0 Å². The van der Waals surface area contributed by atoms with E-state index in [4.69, 9.17) is 0 Å². The molecule has 1 heterocycles. The van der Waals surface area contributed by atoms with Gasteiger partial charge in [-0.3, -0.25) is 4.98 Å². The lowest BCUT2D eigenvalue weighted by molar-refractivity contribution is 0.483. The maximum absolute atomic E-state index is 4.43. The largest absolute Gasteiger partial charge is 0.351 e. The number of pyridine rings is 1. The van der Waals surface area contributed by atoms with E-state index in [1.54, 1.807) is 6.20 Å². The van der Waals surface area contributed by atoms with Crippen LogP contribution in [0.25, 0.3) is 0 Å². The van der Waals surface area contributed by atoms with Crippen LogP contribution in [-0.2, 0) is 12.8 Å². The van der Waals surface area contributed by atoms with E-state index in [0.717, 1.165) is 16.6 Å². The van der Waals surface area contributed by atoms with Gasteiger partial charge in [0.1, 0.15) is 0 Å². The SMILES string of the molecule is C=C/C(Br)=C(/C)N(C)/C(C)=C\C(=C)C(CCC)CCCCc1ccccc1SC.CCc1cccnc1. The highest BCUT2D eigenvalue weighted by molar-refractivity contribution is 9.11. The van der Waals surface area contributed by atoms with Crippen molar-refractivity contribution in [1.82, 2.24) is 9.88 Å². The van der Waals surface area contributed by atoms with Crippen molar-refractivity contribution in [3.05, 3.63) is 107 Å². The fourth-order valence-electron chi connectivity index (χ4n) is 4.14. The Hall–Kier alpha value is -2.04. The van der Waals surface area contributed by atoms with E-state index in [0.29, 0.717) is 5.92 Å². The Morgan fingerprint density at radius 3 is 2.41 bits per heavy atom. The van der Waals surface area contributed by atoms with Crippen LogP contribution in [0.5, 0.6) is 0 Å². The van der Waals surface area contributed by atoms with Crippen molar-refractivity contribution in [2.75, 3.05) is 13.3 Å². The Kier molecular flexibility index (Phi) is 17.0. The van der Waals surface area contributed by atoms with Gasteiger partial charge in [-0.15, -0.1) is 11.8 Å². The first-order chi connectivity index (χ1) is 17.8. The Labute approximate surface area is 240 Å². The van der Waals surface area contributed by atoms with Gasteiger partial charge in [0, 0.05) is 40.2 Å². The fraction of sp³-hybridized carbons (Fsp3) is 0.424. The smallest absolute Gasteiger partial charge is 0.0361 e. The second kappa shape index (κ2) is 19.1. The summed E-state index contributed by atoms with van der Waals surface area (Å²) >= 11 is 5.42. The third kappa shape index (κ3) is 12.4. The predicted molar refractivity (Wildman–Crippen MR) is 170 cm³/mol. The Morgan fingerprint density at radius 1 is 1.11 bits per heavy atom. The highest BCUT2D eigenvalue weighted by Crippen LogP contribution is 2.27. The molecule has 0 radical (unpaired) electrons. The molecule has 0 bridgehead atoms. The molecule has 0 fully saturated rings. The van der Waals surface area contributed by atoms with E-state index in [2.05, 4.69) is 116 Å². The van der Waals surface area contributed by atoms with Crippen molar-refractivity contribution in [3.8, 4) is 0 Å². The van der Waals surface area contributed by atoms with Gasteiger partial charge in [-0.1, -0.05) is 75.8 Å². The molecule has 0 aliphatic heterocycles. The lowest BCUT2D eigenvalue weighted by atomic mass is 9.89. The maximum Gasteiger partial charge on any atom is 0.0361 e. The minimum absolute atomic E-state index is 0.561. The summed E-state index contributed by atoms with van der Waals surface area (Å²) in [7, 11) is 2.09. The Balaban J connectivity index is 0.000000722. The molecule has 0 aliphatic rings. The lowest BCUT2D eigenvalue weighted by Gasteiger charge is -2.24. The number of nitrogens with zero attached hydrogens (tertiary/aromatic N) is 2. The first-order valence-corrected chi connectivity index (χ1v) is 15.4. The van der Waals surface area contributed by atoms with Crippen molar-refractivity contribution in [2.45, 2.75) is 77.5 Å². The molecule has 0 N–H and O–H groups in total. The van der Waals surface area contributed by atoms with Gasteiger partial charge >= 0.3 is 0 Å². The van der Waals surface area contributed by atoms with Crippen LogP contribution < -0.4 is 0 Å². The van der Waals surface area contributed by atoms with Gasteiger partial charge < -0.3 is 4.90 Å². The summed E-state index contributed by atoms with van der Waals surface area (Å²) in [5.41, 5.74) is 6.40. The molecule has 37 heavy (non-hydrogen) atoms. The maximum atomic E-state index is 4.43. The number of allylic oxidation sites excluding steroid dienone is 6. The minimum Gasteiger partial charge on any atom is -0.351 e. The third-order valence-corrected chi connectivity index (χ3v) is 8.42. The number of halogens is 1. The molecule has 1 aromatic carbocycles. The summed E-state index contributed by atoms with van der Waals surface area (Å²) in [5.74, 6) is 0.561. The van der Waals surface area contributed by atoms with Gasteiger partial charge in [-0.05, 0) is 103 Å². The van der Waals surface area contributed by atoms with E-state index in [1.165, 1.54) is 65.8 Å². The average Bonchev–Trinajstić information content (AvgIpc) is 2.94. The second-order valence-electron chi connectivity index (χ2n) is 9.32. The summed E-state index contributed by atoms with van der Waals surface area (Å²) in [6.45, 7) is 16.9. The van der Waals surface area contributed by atoms with Crippen molar-refractivity contribution in [3.63, 3.8) is 0 Å². The topological polar surface area (TPSA) is 16.1 Å². The van der Waals surface area contributed by atoms with Gasteiger partial charge in [0.05, 0.1) is 0 Å². The highest BCUT2D eigenvalue weighted by atomic mass is 79.9. The molecule has 1 unspecified atom stereocenters. The number of rotatable bonds is 14. The minimum atomic E-state index is 0.561. The predicted octanol–water partition coefficient (Wildman–Crippen LogP) is 10.4. The molecule has 2 aromatic rings. The normalized spacial score (nSPS) is 12.7. The van der Waals surface area contributed by atoms with Gasteiger partial charge in [-0.2, -0.15) is 0 Å². The molecule has 202 valence electrons. The van der Waals surface area contributed by atoms with E-state index in [1.807, 2.05) is 30.1 Å². The Morgan fingerprint density at radius 2 is 1.84 bits per heavy atom. The lowest BCUT2D eigenvalue weighted by Crippen LogP contribution is -2.15. The highest BCUT2D eigenvalue weighted by Gasteiger charge is 2.12. The van der Waals surface area contributed by atoms with E-state index in [-0.39, 0.29) is 0 Å². The monoisotopic (exact) mass is 582 g/mol. The van der Waals surface area contributed by atoms with Crippen LogP contribution in [0.1, 0.15) is 70.9 Å². The summed E-state index contributed by atoms with van der Waals surface area (Å²) in [6, 6.07) is 12.8. The molecule has 0 spiro atoms. The molecule has 1 aromatic heterocycles. The van der Waals surface area contributed by atoms with Crippen molar-refractivity contribution in [2.24, 2.45) is 5.92 Å².